The van der Waals surface area contributed by atoms with Gasteiger partial charge in [-0.05, 0) is 31.9 Å². The van der Waals surface area contributed by atoms with Gasteiger partial charge in [-0.3, -0.25) is 4.79 Å². The molecule has 0 bridgehead atoms. The molecular formula is C21H20FN3O3S2. The van der Waals surface area contributed by atoms with Gasteiger partial charge in [-0.15, -0.1) is 11.3 Å². The molecule has 4 rings (SSSR count). The number of rotatable bonds is 5. The molecular weight excluding hydrogens is 425 g/mol. The number of sulfonamides is 1. The van der Waals surface area contributed by atoms with Crippen LogP contribution < -0.4 is 5.32 Å². The van der Waals surface area contributed by atoms with Crippen molar-refractivity contribution in [1.29, 1.82) is 0 Å². The van der Waals surface area contributed by atoms with Gasteiger partial charge in [-0.25, -0.2) is 17.8 Å². The molecule has 2 heterocycles. The Morgan fingerprint density at radius 3 is 2.67 bits per heavy atom. The SMILES string of the molecule is Cc1ccc(-c2csc(NC(=O)C3CCCN3S(=O)(=O)c3ccccc3F)n2)cc1. The number of thiazole rings is 1. The van der Waals surface area contributed by atoms with E-state index in [1.54, 1.807) is 0 Å². The Hall–Kier alpha value is -2.62. The minimum absolute atomic E-state index is 0.168. The van der Waals surface area contributed by atoms with Crippen LogP contribution >= 0.6 is 11.3 Å². The van der Waals surface area contributed by atoms with E-state index in [2.05, 4.69) is 10.3 Å². The number of aryl methyl sites for hydroxylation is 1. The van der Waals surface area contributed by atoms with Crippen molar-refractivity contribution in [3.05, 3.63) is 65.3 Å². The van der Waals surface area contributed by atoms with Gasteiger partial charge in [0.25, 0.3) is 0 Å². The maximum Gasteiger partial charge on any atom is 0.246 e. The number of carbonyl (C=O) groups excluding carboxylic acids is 1. The molecule has 1 aromatic heterocycles. The molecule has 2 aromatic carbocycles. The van der Waals surface area contributed by atoms with Crippen LogP contribution in [0.4, 0.5) is 9.52 Å². The lowest BCUT2D eigenvalue weighted by Crippen LogP contribution is -2.43. The van der Waals surface area contributed by atoms with E-state index in [1.165, 1.54) is 29.5 Å². The van der Waals surface area contributed by atoms with Crippen LogP contribution in [0.15, 0.2) is 58.8 Å². The van der Waals surface area contributed by atoms with E-state index in [1.807, 2.05) is 36.6 Å². The summed E-state index contributed by atoms with van der Waals surface area (Å²) in [6, 6.07) is 12.2. The highest BCUT2D eigenvalue weighted by Crippen LogP contribution is 2.30. The van der Waals surface area contributed by atoms with Crippen LogP contribution in [0.3, 0.4) is 0 Å². The van der Waals surface area contributed by atoms with E-state index in [0.29, 0.717) is 18.0 Å². The second-order valence-corrected chi connectivity index (χ2v) is 9.81. The zero-order chi connectivity index (χ0) is 21.3. The number of nitrogens with zero attached hydrogens (tertiary/aromatic N) is 2. The number of anilines is 1. The summed E-state index contributed by atoms with van der Waals surface area (Å²) in [5, 5.41) is 4.95. The predicted molar refractivity (Wildman–Crippen MR) is 114 cm³/mol. The van der Waals surface area contributed by atoms with Gasteiger partial charge >= 0.3 is 0 Å². The Bertz CT molecular complexity index is 1180. The zero-order valence-corrected chi connectivity index (χ0v) is 17.8. The van der Waals surface area contributed by atoms with Crippen LogP contribution in [0.25, 0.3) is 11.3 Å². The zero-order valence-electron chi connectivity index (χ0n) is 16.2. The third-order valence-electron chi connectivity index (χ3n) is 5.01. The Morgan fingerprint density at radius 2 is 1.93 bits per heavy atom. The smallest absolute Gasteiger partial charge is 0.246 e. The van der Waals surface area contributed by atoms with Crippen molar-refractivity contribution < 1.29 is 17.6 Å². The molecule has 6 nitrogen and oxygen atoms in total. The molecule has 0 spiro atoms. The molecule has 9 heteroatoms. The molecule has 1 amide bonds. The molecule has 156 valence electrons. The van der Waals surface area contributed by atoms with Crippen LogP contribution in [0.5, 0.6) is 0 Å². The van der Waals surface area contributed by atoms with Crippen LogP contribution in [0.1, 0.15) is 18.4 Å². The van der Waals surface area contributed by atoms with Gasteiger partial charge in [-0.1, -0.05) is 42.0 Å². The first kappa shape index (κ1) is 20.6. The molecule has 1 aliphatic rings. The predicted octanol–water partition coefficient (Wildman–Crippen LogP) is 4.05. The average Bonchev–Trinajstić information content (AvgIpc) is 3.39. The minimum Gasteiger partial charge on any atom is -0.301 e. The van der Waals surface area contributed by atoms with Crippen LogP contribution in [-0.2, 0) is 14.8 Å². The van der Waals surface area contributed by atoms with Gasteiger partial charge in [0.05, 0.1) is 5.69 Å². The fourth-order valence-electron chi connectivity index (χ4n) is 3.45. The molecule has 1 atom stereocenters. The van der Waals surface area contributed by atoms with Crippen molar-refractivity contribution in [1.82, 2.24) is 9.29 Å². The summed E-state index contributed by atoms with van der Waals surface area (Å²) >= 11 is 1.27. The number of hydrogen-bond donors (Lipinski definition) is 1. The first-order chi connectivity index (χ1) is 14.4. The maximum absolute atomic E-state index is 14.1. The molecule has 30 heavy (non-hydrogen) atoms. The Kier molecular flexibility index (Phi) is 5.68. The number of amides is 1. The fraction of sp³-hybridized carbons (Fsp3) is 0.238. The number of aromatic nitrogens is 1. The van der Waals surface area contributed by atoms with E-state index >= 15 is 0 Å². The van der Waals surface area contributed by atoms with E-state index < -0.39 is 32.7 Å². The van der Waals surface area contributed by atoms with Gasteiger partial charge < -0.3 is 5.32 Å². The summed E-state index contributed by atoms with van der Waals surface area (Å²) in [6.45, 7) is 2.17. The number of carbonyl (C=O) groups is 1. The van der Waals surface area contributed by atoms with Crippen molar-refractivity contribution in [2.24, 2.45) is 0 Å². The lowest BCUT2D eigenvalue weighted by Gasteiger charge is -2.23. The summed E-state index contributed by atoms with van der Waals surface area (Å²) in [5.74, 6) is -1.29. The van der Waals surface area contributed by atoms with Gasteiger partial charge in [0.2, 0.25) is 15.9 Å². The number of hydrogen-bond acceptors (Lipinski definition) is 5. The summed E-state index contributed by atoms with van der Waals surface area (Å²) in [7, 11) is -4.12. The lowest BCUT2D eigenvalue weighted by molar-refractivity contribution is -0.119. The van der Waals surface area contributed by atoms with Crippen LogP contribution in [-0.4, -0.2) is 36.2 Å². The Morgan fingerprint density at radius 1 is 1.20 bits per heavy atom. The van der Waals surface area contributed by atoms with Gasteiger partial charge in [0.15, 0.2) is 5.13 Å². The topological polar surface area (TPSA) is 79.4 Å². The molecule has 1 N–H and O–H groups in total. The maximum atomic E-state index is 14.1. The summed E-state index contributed by atoms with van der Waals surface area (Å²) in [4.78, 5) is 16.9. The second-order valence-electron chi connectivity index (χ2n) is 7.10. The number of benzene rings is 2. The van der Waals surface area contributed by atoms with Gasteiger partial charge in [0.1, 0.15) is 16.8 Å². The molecule has 1 aliphatic heterocycles. The van der Waals surface area contributed by atoms with E-state index in [0.717, 1.165) is 27.2 Å². The third-order valence-corrected chi connectivity index (χ3v) is 7.71. The molecule has 1 fully saturated rings. The van der Waals surface area contributed by atoms with Crippen molar-refractivity contribution in [3.8, 4) is 11.3 Å². The first-order valence-corrected chi connectivity index (χ1v) is 11.8. The molecule has 1 saturated heterocycles. The quantitative estimate of drug-likeness (QED) is 0.643. The van der Waals surface area contributed by atoms with Crippen LogP contribution in [0.2, 0.25) is 0 Å². The lowest BCUT2D eigenvalue weighted by atomic mass is 10.1. The Balaban J connectivity index is 1.52. The van der Waals surface area contributed by atoms with Crippen molar-refractivity contribution in [2.75, 3.05) is 11.9 Å². The van der Waals surface area contributed by atoms with Gasteiger partial charge in [0, 0.05) is 17.5 Å². The van der Waals surface area contributed by atoms with Crippen molar-refractivity contribution in [2.45, 2.75) is 30.7 Å². The second kappa shape index (κ2) is 8.25. The van der Waals surface area contributed by atoms with E-state index in [-0.39, 0.29) is 6.54 Å². The summed E-state index contributed by atoms with van der Waals surface area (Å²) in [5.41, 5.74) is 2.81. The highest BCUT2D eigenvalue weighted by atomic mass is 32.2. The molecule has 0 radical (unpaired) electrons. The first-order valence-electron chi connectivity index (χ1n) is 9.46. The van der Waals surface area contributed by atoms with Crippen molar-refractivity contribution in [3.63, 3.8) is 0 Å². The minimum atomic E-state index is -4.12. The number of nitrogens with one attached hydrogen (secondary N) is 1. The van der Waals surface area contributed by atoms with E-state index in [9.17, 15) is 17.6 Å². The van der Waals surface area contributed by atoms with Crippen molar-refractivity contribution >= 4 is 32.4 Å². The normalized spacial score (nSPS) is 17.2. The number of halogens is 1. The highest BCUT2D eigenvalue weighted by molar-refractivity contribution is 7.89. The monoisotopic (exact) mass is 445 g/mol. The Labute approximate surface area is 178 Å². The van der Waals surface area contributed by atoms with E-state index in [4.69, 9.17) is 0 Å². The summed E-state index contributed by atoms with van der Waals surface area (Å²) in [6.07, 6.45) is 0.897. The highest BCUT2D eigenvalue weighted by Gasteiger charge is 2.40. The largest absolute Gasteiger partial charge is 0.301 e. The molecule has 0 aliphatic carbocycles. The standard InChI is InChI=1S/C21H20FN3O3S2/c1-14-8-10-15(11-9-14)17-13-29-21(23-17)24-20(26)18-6-4-12-25(18)30(27,28)19-7-3-2-5-16(19)22/h2-3,5,7-11,13,18H,4,6,12H2,1H3,(H,23,24,26). The van der Waals surface area contributed by atoms with Crippen LogP contribution in [0, 0.1) is 12.7 Å². The molecule has 3 aromatic rings. The molecule has 0 saturated carbocycles. The molecule has 1 unspecified atom stereocenters. The van der Waals surface area contributed by atoms with Gasteiger partial charge in [-0.2, -0.15) is 4.31 Å². The summed E-state index contributed by atoms with van der Waals surface area (Å²) < 4.78 is 41.0. The fourth-order valence-corrected chi connectivity index (χ4v) is 5.89. The average molecular weight is 446 g/mol. The third kappa shape index (κ3) is 4.00.